The third kappa shape index (κ3) is 4.04. The Labute approximate surface area is 165 Å². The molecule has 1 aliphatic rings. The first-order chi connectivity index (χ1) is 12.2. The molecular formula is C18H21BrClN3O3. The molecule has 1 fully saturated rings. The molecule has 0 atom stereocenters. The Hall–Kier alpha value is -1.60. The molecule has 0 saturated carbocycles. The van der Waals surface area contributed by atoms with Gasteiger partial charge < -0.3 is 14.2 Å². The minimum Gasteiger partial charge on any atom is -0.444 e. The summed E-state index contributed by atoms with van der Waals surface area (Å²) in [4.78, 5) is 30.7. The van der Waals surface area contributed by atoms with Gasteiger partial charge in [-0.15, -0.1) is 0 Å². The summed E-state index contributed by atoms with van der Waals surface area (Å²) in [5.74, 6) is 0. The molecule has 0 unspecified atom stereocenters. The first kappa shape index (κ1) is 19.2. The summed E-state index contributed by atoms with van der Waals surface area (Å²) < 4.78 is 8.01. The smallest absolute Gasteiger partial charge is 0.410 e. The maximum Gasteiger partial charge on any atom is 0.410 e. The van der Waals surface area contributed by atoms with Crippen LogP contribution in [0.4, 0.5) is 4.79 Å². The van der Waals surface area contributed by atoms with Crippen molar-refractivity contribution in [2.24, 2.45) is 0 Å². The molecule has 2 aromatic rings. The molecule has 1 aromatic heterocycles. The lowest BCUT2D eigenvalue weighted by atomic mass is 10.0. The maximum absolute atomic E-state index is 12.6. The van der Waals surface area contributed by atoms with Crippen LogP contribution >= 0.6 is 27.5 Å². The summed E-state index contributed by atoms with van der Waals surface area (Å²) in [6, 6.07) is 5.55. The van der Waals surface area contributed by atoms with Gasteiger partial charge in [-0.2, -0.15) is 0 Å². The number of ether oxygens (including phenoxy) is 1. The lowest BCUT2D eigenvalue weighted by molar-refractivity contribution is 0.0189. The van der Waals surface area contributed by atoms with Gasteiger partial charge in [0.05, 0.1) is 11.0 Å². The Kier molecular flexibility index (Phi) is 5.30. The predicted octanol–water partition coefficient (Wildman–Crippen LogP) is 4.38. The molecule has 1 aliphatic heterocycles. The first-order valence-corrected chi connectivity index (χ1v) is 9.68. The largest absolute Gasteiger partial charge is 0.444 e. The van der Waals surface area contributed by atoms with E-state index in [9.17, 15) is 9.59 Å². The molecular weight excluding hydrogens is 422 g/mol. The molecule has 140 valence electrons. The van der Waals surface area contributed by atoms with E-state index in [1.807, 2.05) is 39.0 Å². The maximum atomic E-state index is 12.6. The van der Waals surface area contributed by atoms with E-state index in [0.29, 0.717) is 31.4 Å². The second-order valence-corrected chi connectivity index (χ2v) is 8.68. The summed E-state index contributed by atoms with van der Waals surface area (Å²) in [5, 5.41) is -0.0369. The van der Waals surface area contributed by atoms with Crippen LogP contribution in [0.2, 0.25) is 5.15 Å². The van der Waals surface area contributed by atoms with E-state index in [-0.39, 0.29) is 22.8 Å². The fourth-order valence-corrected chi connectivity index (χ4v) is 3.68. The monoisotopic (exact) mass is 441 g/mol. The zero-order valence-electron chi connectivity index (χ0n) is 15.0. The number of carbonyl (C=O) groups excluding carboxylic acids is 1. The summed E-state index contributed by atoms with van der Waals surface area (Å²) in [6.07, 6.45) is 1.000. The fraction of sp³-hybridized carbons (Fsp3) is 0.500. The number of fused-ring (bicyclic) bond motifs is 1. The minimum absolute atomic E-state index is 0.0367. The number of nitrogens with zero attached hydrogens (tertiary/aromatic N) is 3. The standard InChI is InChI=1S/C18H21BrClN3O3/c1-18(2,3)26-17(25)22-8-6-12(7-9-22)23-14-5-4-11(19)10-13(14)21-15(20)16(23)24/h4-5,10,12H,6-9H2,1-3H3. The van der Waals surface area contributed by atoms with Crippen LogP contribution in [0.25, 0.3) is 11.0 Å². The molecule has 26 heavy (non-hydrogen) atoms. The number of likely N-dealkylation sites (tertiary alicyclic amines) is 1. The van der Waals surface area contributed by atoms with Crippen LogP contribution in [0.5, 0.6) is 0 Å². The Morgan fingerprint density at radius 1 is 1.31 bits per heavy atom. The van der Waals surface area contributed by atoms with Gasteiger partial charge in [0.15, 0.2) is 5.15 Å². The van der Waals surface area contributed by atoms with Gasteiger partial charge in [0.1, 0.15) is 5.60 Å². The van der Waals surface area contributed by atoms with Crippen LogP contribution in [0.15, 0.2) is 27.5 Å². The third-order valence-electron chi connectivity index (χ3n) is 4.29. The van der Waals surface area contributed by atoms with E-state index >= 15 is 0 Å². The SMILES string of the molecule is CC(C)(C)OC(=O)N1CCC(n2c(=O)c(Cl)nc3cc(Br)ccc32)CC1. The number of aromatic nitrogens is 2. The molecule has 0 aliphatic carbocycles. The van der Waals surface area contributed by atoms with Crippen molar-refractivity contribution in [3.8, 4) is 0 Å². The molecule has 0 N–H and O–H groups in total. The summed E-state index contributed by atoms with van der Waals surface area (Å²) >= 11 is 9.49. The molecule has 0 spiro atoms. The first-order valence-electron chi connectivity index (χ1n) is 8.51. The van der Waals surface area contributed by atoms with Gasteiger partial charge >= 0.3 is 6.09 Å². The number of hydrogen-bond donors (Lipinski definition) is 0. The summed E-state index contributed by atoms with van der Waals surface area (Å²) in [7, 11) is 0. The molecule has 1 aromatic carbocycles. The zero-order valence-corrected chi connectivity index (χ0v) is 17.3. The van der Waals surface area contributed by atoms with Crippen molar-refractivity contribution in [1.29, 1.82) is 0 Å². The number of rotatable bonds is 1. The van der Waals surface area contributed by atoms with Crippen molar-refractivity contribution in [1.82, 2.24) is 14.5 Å². The van der Waals surface area contributed by atoms with Gasteiger partial charge in [-0.25, -0.2) is 9.78 Å². The number of piperidine rings is 1. The highest BCUT2D eigenvalue weighted by molar-refractivity contribution is 9.10. The molecule has 0 radical (unpaired) electrons. The summed E-state index contributed by atoms with van der Waals surface area (Å²) in [6.45, 7) is 6.61. The van der Waals surface area contributed by atoms with E-state index in [0.717, 1.165) is 9.99 Å². The molecule has 1 saturated heterocycles. The number of carbonyl (C=O) groups is 1. The Bertz CT molecular complexity index is 899. The molecule has 6 nitrogen and oxygen atoms in total. The van der Waals surface area contributed by atoms with Gasteiger partial charge in [-0.05, 0) is 51.8 Å². The van der Waals surface area contributed by atoms with Crippen LogP contribution in [-0.2, 0) is 4.74 Å². The van der Waals surface area contributed by atoms with Crippen LogP contribution < -0.4 is 5.56 Å². The van der Waals surface area contributed by atoms with Crippen molar-refractivity contribution in [3.05, 3.63) is 38.2 Å². The van der Waals surface area contributed by atoms with Gasteiger partial charge in [-0.3, -0.25) is 4.79 Å². The van der Waals surface area contributed by atoms with Gasteiger partial charge in [0.25, 0.3) is 5.56 Å². The van der Waals surface area contributed by atoms with Crippen molar-refractivity contribution < 1.29 is 9.53 Å². The Balaban J connectivity index is 1.85. The van der Waals surface area contributed by atoms with Gasteiger partial charge in [0, 0.05) is 23.6 Å². The second kappa shape index (κ2) is 7.19. The number of benzene rings is 1. The number of amides is 1. The van der Waals surface area contributed by atoms with Crippen LogP contribution in [0.3, 0.4) is 0 Å². The predicted molar refractivity (Wildman–Crippen MR) is 105 cm³/mol. The van der Waals surface area contributed by atoms with Crippen LogP contribution in [0, 0.1) is 0 Å². The Morgan fingerprint density at radius 3 is 2.58 bits per heavy atom. The highest BCUT2D eigenvalue weighted by atomic mass is 79.9. The molecule has 2 heterocycles. The zero-order chi connectivity index (χ0) is 19.1. The van der Waals surface area contributed by atoms with E-state index in [1.54, 1.807) is 9.47 Å². The van der Waals surface area contributed by atoms with Crippen molar-refractivity contribution in [2.75, 3.05) is 13.1 Å². The van der Waals surface area contributed by atoms with Gasteiger partial charge in [0.2, 0.25) is 0 Å². The third-order valence-corrected chi connectivity index (χ3v) is 5.03. The topological polar surface area (TPSA) is 64.4 Å². The normalized spacial score (nSPS) is 16.1. The molecule has 3 rings (SSSR count). The molecule has 1 amide bonds. The quantitative estimate of drug-likeness (QED) is 0.657. The van der Waals surface area contributed by atoms with Crippen molar-refractivity contribution in [2.45, 2.75) is 45.3 Å². The number of hydrogen-bond acceptors (Lipinski definition) is 4. The lowest BCUT2D eigenvalue weighted by Gasteiger charge is -2.34. The minimum atomic E-state index is -0.521. The molecule has 0 bridgehead atoms. The number of halogens is 2. The van der Waals surface area contributed by atoms with Crippen molar-refractivity contribution in [3.63, 3.8) is 0 Å². The van der Waals surface area contributed by atoms with Gasteiger partial charge in [-0.1, -0.05) is 27.5 Å². The summed E-state index contributed by atoms with van der Waals surface area (Å²) in [5.41, 5.74) is 0.599. The van der Waals surface area contributed by atoms with Crippen LogP contribution in [0.1, 0.15) is 39.7 Å². The van der Waals surface area contributed by atoms with E-state index < -0.39 is 5.60 Å². The lowest BCUT2D eigenvalue weighted by Crippen LogP contribution is -2.43. The second-order valence-electron chi connectivity index (χ2n) is 7.41. The van der Waals surface area contributed by atoms with E-state index in [1.165, 1.54) is 0 Å². The highest BCUT2D eigenvalue weighted by Crippen LogP contribution is 2.27. The Morgan fingerprint density at radius 2 is 1.96 bits per heavy atom. The molecule has 8 heteroatoms. The highest BCUT2D eigenvalue weighted by Gasteiger charge is 2.29. The average molecular weight is 443 g/mol. The van der Waals surface area contributed by atoms with E-state index in [2.05, 4.69) is 20.9 Å². The van der Waals surface area contributed by atoms with Crippen molar-refractivity contribution >= 4 is 44.7 Å². The average Bonchev–Trinajstić information content (AvgIpc) is 2.55. The van der Waals surface area contributed by atoms with E-state index in [4.69, 9.17) is 16.3 Å². The fourth-order valence-electron chi connectivity index (χ4n) is 3.15. The van der Waals surface area contributed by atoms with Crippen LogP contribution in [-0.4, -0.2) is 39.2 Å².